The number of anilines is 1. The molecule has 0 bridgehead atoms. The van der Waals surface area contributed by atoms with Crippen LogP contribution >= 0.6 is 24.0 Å². The van der Waals surface area contributed by atoms with Crippen LogP contribution in [0.15, 0.2) is 17.3 Å². The second-order valence-corrected chi connectivity index (χ2v) is 6.71. The summed E-state index contributed by atoms with van der Waals surface area (Å²) in [4.78, 5) is 14.3. The lowest BCUT2D eigenvalue weighted by atomic mass is 10.1. The summed E-state index contributed by atoms with van der Waals surface area (Å²) in [6.45, 7) is 8.97. The van der Waals surface area contributed by atoms with Crippen molar-refractivity contribution in [3.63, 3.8) is 0 Å². The number of rotatable bonds is 8. The molecule has 0 radical (unpaired) electrons. The van der Waals surface area contributed by atoms with Crippen molar-refractivity contribution in [2.75, 3.05) is 44.6 Å². The maximum Gasteiger partial charge on any atom is 0.433 e. The van der Waals surface area contributed by atoms with E-state index in [0.29, 0.717) is 19.1 Å². The van der Waals surface area contributed by atoms with Gasteiger partial charge >= 0.3 is 6.18 Å². The van der Waals surface area contributed by atoms with Gasteiger partial charge in [-0.2, -0.15) is 13.2 Å². The Morgan fingerprint density at radius 3 is 2.62 bits per heavy atom. The Hall–Kier alpha value is -1.37. The summed E-state index contributed by atoms with van der Waals surface area (Å²) >= 11 is 0. The van der Waals surface area contributed by atoms with Gasteiger partial charge in [0.05, 0.1) is 6.54 Å². The summed E-state index contributed by atoms with van der Waals surface area (Å²) < 4.78 is 38.0. The van der Waals surface area contributed by atoms with Crippen LogP contribution in [0.3, 0.4) is 0 Å². The van der Waals surface area contributed by atoms with E-state index in [4.69, 9.17) is 0 Å². The van der Waals surface area contributed by atoms with Gasteiger partial charge in [0, 0.05) is 38.4 Å². The van der Waals surface area contributed by atoms with Crippen LogP contribution in [0.2, 0.25) is 0 Å². The third kappa shape index (κ3) is 9.32. The molecule has 7 nitrogen and oxygen atoms in total. The monoisotopic (exact) mass is 529 g/mol. The molecule has 0 aromatic carbocycles. The Morgan fingerprint density at radius 2 is 2.00 bits per heavy atom. The van der Waals surface area contributed by atoms with Gasteiger partial charge < -0.3 is 20.9 Å². The van der Waals surface area contributed by atoms with Crippen molar-refractivity contribution in [2.24, 2.45) is 4.99 Å². The highest BCUT2D eigenvalue weighted by molar-refractivity contribution is 14.0. The Labute approximate surface area is 187 Å². The van der Waals surface area contributed by atoms with Crippen LogP contribution in [0, 0.1) is 0 Å². The van der Waals surface area contributed by atoms with Gasteiger partial charge in [-0.1, -0.05) is 6.92 Å². The first-order chi connectivity index (χ1) is 13.4. The number of hydrogen-bond acceptors (Lipinski definition) is 5. The van der Waals surface area contributed by atoms with Crippen molar-refractivity contribution in [3.8, 4) is 0 Å². The number of alkyl halides is 3. The molecule has 1 saturated heterocycles. The van der Waals surface area contributed by atoms with Crippen molar-refractivity contribution in [3.05, 3.63) is 18.0 Å². The molecule has 1 aromatic rings. The summed E-state index contributed by atoms with van der Waals surface area (Å²) in [5, 5.41) is 9.45. The zero-order valence-corrected chi connectivity index (χ0v) is 19.3. The van der Waals surface area contributed by atoms with E-state index < -0.39 is 11.9 Å². The van der Waals surface area contributed by atoms with Crippen molar-refractivity contribution in [2.45, 2.75) is 45.3 Å². The molecule has 0 amide bonds. The van der Waals surface area contributed by atoms with Crippen LogP contribution in [0.4, 0.5) is 19.1 Å². The number of aliphatic imine (C=N–C) groups is 1. The lowest BCUT2D eigenvalue weighted by Gasteiger charge is -2.32. The highest BCUT2D eigenvalue weighted by atomic mass is 127. The summed E-state index contributed by atoms with van der Waals surface area (Å²) in [6.07, 6.45) is -0.0728. The number of likely N-dealkylation sites (tertiary alicyclic amines) is 1. The topological polar surface area (TPSA) is 77.5 Å². The van der Waals surface area contributed by atoms with Crippen molar-refractivity contribution in [1.82, 2.24) is 25.5 Å². The Kier molecular flexibility index (Phi) is 11.5. The van der Waals surface area contributed by atoms with E-state index in [1.165, 1.54) is 6.42 Å². The fraction of sp³-hybridized carbons (Fsp3) is 0.722. The number of aromatic nitrogens is 2. The highest BCUT2D eigenvalue weighted by Gasteiger charge is 2.32. The van der Waals surface area contributed by atoms with E-state index in [-0.39, 0.29) is 29.9 Å². The molecule has 166 valence electrons. The Balaban J connectivity index is 0.00000420. The lowest BCUT2D eigenvalue weighted by molar-refractivity contribution is -0.141. The van der Waals surface area contributed by atoms with Crippen LogP contribution in [0.5, 0.6) is 0 Å². The zero-order chi connectivity index (χ0) is 20.4. The maximum absolute atomic E-state index is 12.7. The maximum atomic E-state index is 12.7. The lowest BCUT2D eigenvalue weighted by Crippen LogP contribution is -2.48. The second kappa shape index (κ2) is 13.0. The molecule has 0 atom stereocenters. The molecule has 11 heteroatoms. The van der Waals surface area contributed by atoms with Gasteiger partial charge in [0.2, 0.25) is 5.95 Å². The molecule has 1 aromatic heterocycles. The molecule has 0 unspecified atom stereocenters. The Morgan fingerprint density at radius 1 is 1.28 bits per heavy atom. The molecule has 2 rings (SSSR count). The summed E-state index contributed by atoms with van der Waals surface area (Å²) in [7, 11) is 0. The SMILES string of the molecule is CCCN1CCC(NC(=NCCNc2nccc(C(F)(F)F)n2)NCC)CC1.I. The predicted octanol–water partition coefficient (Wildman–Crippen LogP) is 2.95. The predicted molar refractivity (Wildman–Crippen MR) is 120 cm³/mol. The first-order valence-corrected chi connectivity index (χ1v) is 9.83. The molecule has 0 spiro atoms. The van der Waals surface area contributed by atoms with Crippen LogP contribution in [0.1, 0.15) is 38.8 Å². The summed E-state index contributed by atoms with van der Waals surface area (Å²) in [5.74, 6) is 0.675. The quantitative estimate of drug-likeness (QED) is 0.208. The Bertz CT molecular complexity index is 620. The number of piperidine rings is 1. The van der Waals surface area contributed by atoms with Crippen LogP contribution in [0.25, 0.3) is 0 Å². The smallest absolute Gasteiger partial charge is 0.357 e. The first-order valence-electron chi connectivity index (χ1n) is 9.83. The van der Waals surface area contributed by atoms with E-state index >= 15 is 0 Å². The van der Waals surface area contributed by atoms with Crippen LogP contribution in [-0.4, -0.2) is 66.1 Å². The molecule has 2 heterocycles. The standard InChI is InChI=1S/C18H30F3N7.HI/c1-3-11-28-12-6-14(7-13-28)26-16(22-4-2)24-9-10-25-17-23-8-5-15(27-17)18(19,20)21;/h5,8,14H,3-4,6-7,9-13H2,1-2H3,(H2,22,24,26)(H,23,25,27);1H. The largest absolute Gasteiger partial charge is 0.433 e. The van der Waals surface area contributed by atoms with Crippen LogP contribution < -0.4 is 16.0 Å². The molecular weight excluding hydrogens is 498 g/mol. The van der Waals surface area contributed by atoms with E-state index in [1.54, 1.807) is 0 Å². The highest BCUT2D eigenvalue weighted by Crippen LogP contribution is 2.27. The van der Waals surface area contributed by atoms with Gasteiger partial charge in [0.25, 0.3) is 0 Å². The molecule has 1 fully saturated rings. The minimum Gasteiger partial charge on any atom is -0.357 e. The summed E-state index contributed by atoms with van der Waals surface area (Å²) in [6, 6.07) is 1.23. The molecule has 29 heavy (non-hydrogen) atoms. The third-order valence-corrected chi connectivity index (χ3v) is 4.42. The number of halogens is 4. The molecule has 0 aliphatic carbocycles. The van der Waals surface area contributed by atoms with E-state index in [1.807, 2.05) is 6.92 Å². The van der Waals surface area contributed by atoms with Crippen LogP contribution in [-0.2, 0) is 6.18 Å². The fourth-order valence-corrected chi connectivity index (χ4v) is 3.07. The molecule has 0 saturated carbocycles. The van der Waals surface area contributed by atoms with Gasteiger partial charge in [-0.3, -0.25) is 4.99 Å². The molecule has 3 N–H and O–H groups in total. The zero-order valence-electron chi connectivity index (χ0n) is 16.9. The molecule has 1 aliphatic rings. The van der Waals surface area contributed by atoms with Crippen molar-refractivity contribution < 1.29 is 13.2 Å². The van der Waals surface area contributed by atoms with E-state index in [2.05, 4.69) is 42.7 Å². The normalized spacial score (nSPS) is 16.2. The average molecular weight is 529 g/mol. The van der Waals surface area contributed by atoms with Gasteiger partial charge in [0.15, 0.2) is 5.96 Å². The van der Waals surface area contributed by atoms with Gasteiger partial charge in [-0.25, -0.2) is 9.97 Å². The van der Waals surface area contributed by atoms with Gasteiger partial charge in [-0.05, 0) is 38.8 Å². The number of guanidine groups is 1. The first kappa shape index (κ1) is 25.7. The third-order valence-electron chi connectivity index (χ3n) is 4.42. The summed E-state index contributed by atoms with van der Waals surface area (Å²) in [5.41, 5.74) is -0.960. The average Bonchev–Trinajstić information content (AvgIpc) is 2.67. The number of nitrogens with zero attached hydrogens (tertiary/aromatic N) is 4. The fourth-order valence-electron chi connectivity index (χ4n) is 3.07. The second-order valence-electron chi connectivity index (χ2n) is 6.71. The van der Waals surface area contributed by atoms with Crippen molar-refractivity contribution in [1.29, 1.82) is 0 Å². The van der Waals surface area contributed by atoms with E-state index in [0.717, 1.165) is 57.2 Å². The molecule has 1 aliphatic heterocycles. The van der Waals surface area contributed by atoms with Crippen molar-refractivity contribution >= 4 is 35.9 Å². The molecular formula is C18H31F3IN7. The van der Waals surface area contributed by atoms with Gasteiger partial charge in [-0.15, -0.1) is 24.0 Å². The number of hydrogen-bond donors (Lipinski definition) is 3. The van der Waals surface area contributed by atoms with Gasteiger partial charge in [0.1, 0.15) is 5.69 Å². The number of nitrogens with one attached hydrogen (secondary N) is 3. The van der Waals surface area contributed by atoms with E-state index in [9.17, 15) is 13.2 Å². The minimum atomic E-state index is -4.48. The minimum absolute atomic E-state index is 0.